The normalized spacial score (nSPS) is 10.4. The zero-order valence-electron chi connectivity index (χ0n) is 7.28. The van der Waals surface area contributed by atoms with Gasteiger partial charge in [0.15, 0.2) is 16.2 Å². The number of rotatable bonds is 2. The van der Waals surface area contributed by atoms with Crippen LogP contribution in [0.2, 0.25) is 0 Å². The molecule has 2 heterocycles. The first-order chi connectivity index (χ1) is 6.66. The molecule has 0 aliphatic carbocycles. The highest BCUT2D eigenvalue weighted by Gasteiger charge is 2.12. The van der Waals surface area contributed by atoms with Gasteiger partial charge in [-0.05, 0) is 28.1 Å². The fraction of sp³-hybridized carbons (Fsp3) is 0.111. The second-order valence-electron chi connectivity index (χ2n) is 2.74. The Kier molecular flexibility index (Phi) is 2.25. The maximum Gasteiger partial charge on any atom is 0.202 e. The highest BCUT2D eigenvalue weighted by atomic mass is 79.9. The van der Waals surface area contributed by atoms with E-state index >= 15 is 0 Å². The summed E-state index contributed by atoms with van der Waals surface area (Å²) in [5.41, 5.74) is 0.299. The van der Waals surface area contributed by atoms with Crippen LogP contribution in [0.1, 0.15) is 17.4 Å². The van der Waals surface area contributed by atoms with Gasteiger partial charge in [-0.1, -0.05) is 5.16 Å². The summed E-state index contributed by atoms with van der Waals surface area (Å²) in [6.45, 7) is 1.43. The van der Waals surface area contributed by atoms with Crippen LogP contribution in [0, 0.1) is 0 Å². The predicted molar refractivity (Wildman–Crippen MR) is 51.9 cm³/mol. The highest BCUT2D eigenvalue weighted by molar-refractivity contribution is 9.10. The summed E-state index contributed by atoms with van der Waals surface area (Å²) in [4.78, 5) is 10.9. The molecule has 0 spiro atoms. The first-order valence-electron chi connectivity index (χ1n) is 3.90. The molecule has 2 rings (SSSR count). The van der Waals surface area contributed by atoms with Gasteiger partial charge in [-0.3, -0.25) is 4.79 Å². The molecule has 0 aliphatic heterocycles. The molecule has 0 radical (unpaired) electrons. The van der Waals surface area contributed by atoms with Crippen molar-refractivity contribution < 1.29 is 13.7 Å². The van der Waals surface area contributed by atoms with E-state index in [9.17, 15) is 4.79 Å². The lowest BCUT2D eigenvalue weighted by atomic mass is 10.2. The maximum absolute atomic E-state index is 10.9. The van der Waals surface area contributed by atoms with Crippen LogP contribution in [0.5, 0.6) is 0 Å². The second kappa shape index (κ2) is 3.42. The Morgan fingerprint density at radius 1 is 1.43 bits per heavy atom. The Labute approximate surface area is 88.0 Å². The van der Waals surface area contributed by atoms with Crippen molar-refractivity contribution in [3.05, 3.63) is 28.6 Å². The summed E-state index contributed by atoms with van der Waals surface area (Å²) in [6, 6.07) is 5.02. The van der Waals surface area contributed by atoms with E-state index in [1.807, 2.05) is 0 Å². The Bertz CT molecular complexity index is 472. The van der Waals surface area contributed by atoms with Gasteiger partial charge in [0.1, 0.15) is 5.69 Å². The summed E-state index contributed by atoms with van der Waals surface area (Å²) < 4.78 is 10.8. The fourth-order valence-corrected chi connectivity index (χ4v) is 1.31. The van der Waals surface area contributed by atoms with Crippen LogP contribution >= 0.6 is 15.9 Å². The zero-order valence-corrected chi connectivity index (χ0v) is 8.87. The van der Waals surface area contributed by atoms with E-state index in [1.165, 1.54) is 6.92 Å². The van der Waals surface area contributed by atoms with Crippen LogP contribution in [-0.2, 0) is 0 Å². The molecule has 0 aliphatic rings. The van der Waals surface area contributed by atoms with E-state index in [4.69, 9.17) is 8.94 Å². The van der Waals surface area contributed by atoms with E-state index in [0.29, 0.717) is 21.9 Å². The quantitative estimate of drug-likeness (QED) is 0.775. The Morgan fingerprint density at radius 3 is 2.71 bits per heavy atom. The Hall–Kier alpha value is -1.36. The average Bonchev–Trinajstić information content (AvgIpc) is 2.70. The van der Waals surface area contributed by atoms with Crippen molar-refractivity contribution in [2.75, 3.05) is 0 Å². The van der Waals surface area contributed by atoms with Crippen molar-refractivity contribution in [3.8, 4) is 11.5 Å². The van der Waals surface area contributed by atoms with Gasteiger partial charge in [-0.25, -0.2) is 0 Å². The van der Waals surface area contributed by atoms with Crippen LogP contribution in [-0.4, -0.2) is 10.9 Å². The van der Waals surface area contributed by atoms with Crippen LogP contribution < -0.4 is 0 Å². The molecule has 0 bridgehead atoms. The molecule has 4 nitrogen and oxygen atoms in total. The topological polar surface area (TPSA) is 56.2 Å². The third kappa shape index (κ3) is 1.63. The lowest BCUT2D eigenvalue weighted by molar-refractivity contribution is 0.100. The smallest absolute Gasteiger partial charge is 0.202 e. The van der Waals surface area contributed by atoms with E-state index in [2.05, 4.69) is 21.1 Å². The molecule has 2 aromatic heterocycles. The highest BCUT2D eigenvalue weighted by Crippen LogP contribution is 2.25. The van der Waals surface area contributed by atoms with Crippen molar-refractivity contribution in [2.45, 2.75) is 6.92 Å². The number of Topliss-reactive ketones (excluding diaryl/α,β-unsaturated/α-hetero) is 1. The zero-order chi connectivity index (χ0) is 10.1. The molecular weight excluding hydrogens is 250 g/mol. The molecule has 0 aromatic carbocycles. The van der Waals surface area contributed by atoms with Crippen LogP contribution in [0.15, 0.2) is 31.8 Å². The molecule has 0 N–H and O–H groups in total. The summed E-state index contributed by atoms with van der Waals surface area (Å²) in [5, 5.41) is 3.60. The molecule has 14 heavy (non-hydrogen) atoms. The van der Waals surface area contributed by atoms with Crippen LogP contribution in [0.3, 0.4) is 0 Å². The lowest BCUT2D eigenvalue weighted by Crippen LogP contribution is -1.89. The molecular formula is C9H6BrNO3. The number of halogens is 1. The number of ketones is 1. The summed E-state index contributed by atoms with van der Waals surface area (Å²) in [6.07, 6.45) is 0. The van der Waals surface area contributed by atoms with Gasteiger partial charge < -0.3 is 8.94 Å². The van der Waals surface area contributed by atoms with Crippen molar-refractivity contribution in [3.63, 3.8) is 0 Å². The summed E-state index contributed by atoms with van der Waals surface area (Å²) in [7, 11) is 0. The minimum absolute atomic E-state index is 0.134. The van der Waals surface area contributed by atoms with Crippen LogP contribution in [0.25, 0.3) is 11.5 Å². The Balaban J connectivity index is 2.38. The Morgan fingerprint density at radius 2 is 2.21 bits per heavy atom. The van der Waals surface area contributed by atoms with E-state index in [0.717, 1.165) is 0 Å². The number of nitrogens with zero attached hydrogens (tertiary/aromatic N) is 1. The number of aromatic nitrogens is 1. The van der Waals surface area contributed by atoms with Crippen molar-refractivity contribution >= 4 is 21.7 Å². The average molecular weight is 256 g/mol. The summed E-state index contributed by atoms with van der Waals surface area (Å²) >= 11 is 3.17. The minimum Gasteiger partial charge on any atom is -0.446 e. The van der Waals surface area contributed by atoms with Crippen molar-refractivity contribution in [1.82, 2.24) is 5.16 Å². The van der Waals surface area contributed by atoms with E-state index in [-0.39, 0.29) is 5.78 Å². The minimum atomic E-state index is -0.134. The molecule has 0 unspecified atom stereocenters. The molecule has 72 valence electrons. The van der Waals surface area contributed by atoms with Crippen molar-refractivity contribution in [2.24, 2.45) is 0 Å². The lowest BCUT2D eigenvalue weighted by Gasteiger charge is -1.84. The molecule has 0 saturated carbocycles. The van der Waals surface area contributed by atoms with E-state index < -0.39 is 0 Å². The van der Waals surface area contributed by atoms with Crippen molar-refractivity contribution in [1.29, 1.82) is 0 Å². The predicted octanol–water partition coefficient (Wildman–Crippen LogP) is 2.90. The monoisotopic (exact) mass is 255 g/mol. The number of carbonyl (C=O) groups is 1. The molecule has 2 aromatic rings. The SMILES string of the molecule is CC(=O)c1cc(-c2ccc(Br)o2)on1. The molecule has 5 heteroatoms. The molecule has 0 atom stereocenters. The largest absolute Gasteiger partial charge is 0.446 e. The van der Waals surface area contributed by atoms with Gasteiger partial charge in [-0.15, -0.1) is 0 Å². The molecule has 0 saturated heterocycles. The third-order valence-electron chi connectivity index (χ3n) is 1.69. The number of carbonyl (C=O) groups excluding carboxylic acids is 1. The van der Waals surface area contributed by atoms with Crippen LogP contribution in [0.4, 0.5) is 0 Å². The number of furan rings is 1. The standard InChI is InChI=1S/C9H6BrNO3/c1-5(12)6-4-8(14-11-6)7-2-3-9(10)13-7/h2-4H,1H3. The third-order valence-corrected chi connectivity index (χ3v) is 2.11. The van der Waals surface area contributed by atoms with Gasteiger partial charge in [-0.2, -0.15) is 0 Å². The van der Waals surface area contributed by atoms with Gasteiger partial charge in [0, 0.05) is 13.0 Å². The molecule has 0 fully saturated rings. The number of hydrogen-bond donors (Lipinski definition) is 0. The first kappa shape index (κ1) is 9.21. The molecule has 0 amide bonds. The maximum atomic E-state index is 10.9. The number of hydrogen-bond acceptors (Lipinski definition) is 4. The van der Waals surface area contributed by atoms with Gasteiger partial charge in [0.2, 0.25) is 5.76 Å². The second-order valence-corrected chi connectivity index (χ2v) is 3.52. The first-order valence-corrected chi connectivity index (χ1v) is 4.69. The van der Waals surface area contributed by atoms with Gasteiger partial charge in [0.05, 0.1) is 0 Å². The van der Waals surface area contributed by atoms with Gasteiger partial charge in [0.25, 0.3) is 0 Å². The fourth-order valence-electron chi connectivity index (χ4n) is 1.00. The van der Waals surface area contributed by atoms with Gasteiger partial charge >= 0.3 is 0 Å². The van der Waals surface area contributed by atoms with E-state index in [1.54, 1.807) is 18.2 Å². The summed E-state index contributed by atoms with van der Waals surface area (Å²) in [5.74, 6) is 0.850.